The van der Waals surface area contributed by atoms with E-state index >= 15 is 0 Å². The monoisotopic (exact) mass is 288 g/mol. The van der Waals surface area contributed by atoms with E-state index in [9.17, 15) is 4.79 Å². The van der Waals surface area contributed by atoms with Crippen molar-refractivity contribution in [1.29, 1.82) is 0 Å². The number of anilines is 1. The van der Waals surface area contributed by atoms with Crippen molar-refractivity contribution in [2.24, 2.45) is 11.1 Å². The molecule has 0 bridgehead atoms. The third kappa shape index (κ3) is 2.74. The molecule has 1 aliphatic rings. The van der Waals surface area contributed by atoms with Crippen LogP contribution in [0.5, 0.6) is 0 Å². The summed E-state index contributed by atoms with van der Waals surface area (Å²) in [7, 11) is 0. The zero-order valence-corrected chi connectivity index (χ0v) is 11.3. The Bertz CT molecular complexity index is 440. The van der Waals surface area contributed by atoms with Crippen LogP contribution in [0.2, 0.25) is 10.4 Å². The summed E-state index contributed by atoms with van der Waals surface area (Å²) in [4.78, 5) is 19.9. The summed E-state index contributed by atoms with van der Waals surface area (Å²) in [6.07, 6.45) is 3.66. The normalized spacial score (nSPS) is 17.7. The molecule has 1 fully saturated rings. The van der Waals surface area contributed by atoms with E-state index in [1.54, 1.807) is 0 Å². The fourth-order valence-corrected chi connectivity index (χ4v) is 2.69. The van der Waals surface area contributed by atoms with Gasteiger partial charge < -0.3 is 11.1 Å². The molecule has 1 aliphatic carbocycles. The van der Waals surface area contributed by atoms with Crippen LogP contribution in [0.1, 0.15) is 25.7 Å². The minimum absolute atomic E-state index is 0.00557. The van der Waals surface area contributed by atoms with E-state index in [0.29, 0.717) is 12.4 Å². The second kappa shape index (κ2) is 5.38. The maximum atomic E-state index is 12.3. The van der Waals surface area contributed by atoms with Crippen LogP contribution in [-0.4, -0.2) is 22.4 Å². The first kappa shape index (κ1) is 13.5. The van der Waals surface area contributed by atoms with E-state index in [-0.39, 0.29) is 16.3 Å². The molecule has 98 valence electrons. The second-order valence-electron chi connectivity index (χ2n) is 4.49. The van der Waals surface area contributed by atoms with Gasteiger partial charge in [-0.1, -0.05) is 24.4 Å². The molecule has 18 heavy (non-hydrogen) atoms. The predicted molar refractivity (Wildman–Crippen MR) is 70.6 cm³/mol. The molecule has 3 N–H and O–H groups in total. The highest BCUT2D eigenvalue weighted by atomic mass is 35.5. The van der Waals surface area contributed by atoms with Gasteiger partial charge in [0.05, 0.1) is 5.41 Å². The van der Waals surface area contributed by atoms with E-state index in [1.165, 1.54) is 6.07 Å². The van der Waals surface area contributed by atoms with Gasteiger partial charge in [-0.15, -0.1) is 0 Å². The molecule has 1 amide bonds. The lowest BCUT2D eigenvalue weighted by Crippen LogP contribution is -2.40. The van der Waals surface area contributed by atoms with Crippen LogP contribution in [0.3, 0.4) is 0 Å². The Balaban J connectivity index is 2.15. The van der Waals surface area contributed by atoms with Crippen molar-refractivity contribution in [3.8, 4) is 0 Å². The number of nitrogens with one attached hydrogen (secondary N) is 1. The number of nitrogens with zero attached hydrogens (tertiary/aromatic N) is 2. The quantitative estimate of drug-likeness (QED) is 0.660. The number of hydrogen-bond acceptors (Lipinski definition) is 4. The topological polar surface area (TPSA) is 80.9 Å². The van der Waals surface area contributed by atoms with Crippen LogP contribution in [0.25, 0.3) is 0 Å². The summed E-state index contributed by atoms with van der Waals surface area (Å²) in [6.45, 7) is 0.339. The summed E-state index contributed by atoms with van der Waals surface area (Å²) < 4.78 is 0. The zero-order chi connectivity index (χ0) is 13.2. The van der Waals surface area contributed by atoms with Crippen LogP contribution < -0.4 is 11.1 Å². The van der Waals surface area contributed by atoms with E-state index in [1.807, 2.05) is 0 Å². The van der Waals surface area contributed by atoms with E-state index < -0.39 is 5.41 Å². The number of nitrogens with two attached hydrogens (primary N) is 1. The second-order valence-corrected chi connectivity index (χ2v) is 5.22. The highest BCUT2D eigenvalue weighted by Crippen LogP contribution is 2.38. The maximum absolute atomic E-state index is 12.3. The average Bonchev–Trinajstić information content (AvgIpc) is 2.77. The minimum Gasteiger partial charge on any atom is -0.329 e. The lowest BCUT2D eigenvalue weighted by atomic mass is 9.85. The molecule has 1 aromatic rings. The number of aromatic nitrogens is 2. The van der Waals surface area contributed by atoms with Gasteiger partial charge in [0.1, 0.15) is 11.0 Å². The van der Waals surface area contributed by atoms with E-state index in [2.05, 4.69) is 15.3 Å². The lowest BCUT2D eigenvalue weighted by molar-refractivity contribution is -0.124. The van der Waals surface area contributed by atoms with Gasteiger partial charge in [-0.25, -0.2) is 9.97 Å². The van der Waals surface area contributed by atoms with Crippen LogP contribution in [0.4, 0.5) is 5.82 Å². The van der Waals surface area contributed by atoms with Crippen molar-refractivity contribution in [2.75, 3.05) is 11.9 Å². The predicted octanol–water partition coefficient (Wildman–Crippen LogP) is 2.24. The molecule has 0 spiro atoms. The number of hydrogen-bond donors (Lipinski definition) is 2. The van der Waals surface area contributed by atoms with E-state index in [0.717, 1.165) is 25.7 Å². The van der Waals surface area contributed by atoms with Gasteiger partial charge >= 0.3 is 0 Å². The van der Waals surface area contributed by atoms with Crippen LogP contribution in [0, 0.1) is 5.41 Å². The van der Waals surface area contributed by atoms with Crippen LogP contribution >= 0.6 is 23.2 Å². The van der Waals surface area contributed by atoms with Crippen molar-refractivity contribution in [3.05, 3.63) is 16.5 Å². The molecule has 0 unspecified atom stereocenters. The Morgan fingerprint density at radius 3 is 2.61 bits per heavy atom. The fraction of sp³-hybridized carbons (Fsp3) is 0.545. The van der Waals surface area contributed by atoms with Crippen molar-refractivity contribution in [2.45, 2.75) is 25.7 Å². The van der Waals surface area contributed by atoms with E-state index in [4.69, 9.17) is 28.9 Å². The van der Waals surface area contributed by atoms with Gasteiger partial charge in [0.2, 0.25) is 11.2 Å². The number of rotatable bonds is 3. The first-order chi connectivity index (χ1) is 8.55. The average molecular weight is 289 g/mol. The Kier molecular flexibility index (Phi) is 4.04. The highest BCUT2D eigenvalue weighted by Gasteiger charge is 2.39. The van der Waals surface area contributed by atoms with Gasteiger partial charge in [-0.3, -0.25) is 4.79 Å². The Labute approximate surface area is 115 Å². The molecule has 0 atom stereocenters. The first-order valence-electron chi connectivity index (χ1n) is 5.77. The third-order valence-electron chi connectivity index (χ3n) is 3.34. The standard InChI is InChI=1S/C11H14Cl2N4O/c12-7-5-8(17-10(13)15-7)16-9(18)11(6-14)3-1-2-4-11/h5H,1-4,6,14H2,(H,15,16,17,18). The van der Waals surface area contributed by atoms with Crippen molar-refractivity contribution in [3.63, 3.8) is 0 Å². The molecular weight excluding hydrogens is 275 g/mol. The summed E-state index contributed by atoms with van der Waals surface area (Å²) in [5.74, 6) is 0.193. The van der Waals surface area contributed by atoms with Crippen LogP contribution in [-0.2, 0) is 4.79 Å². The summed E-state index contributed by atoms with van der Waals surface area (Å²) >= 11 is 11.4. The molecule has 7 heteroatoms. The van der Waals surface area contributed by atoms with Gasteiger partial charge in [0, 0.05) is 12.6 Å². The smallest absolute Gasteiger partial charge is 0.233 e. The number of carbonyl (C=O) groups excluding carboxylic acids is 1. The van der Waals surface area contributed by atoms with Crippen molar-refractivity contribution < 1.29 is 4.79 Å². The Morgan fingerprint density at radius 2 is 2.06 bits per heavy atom. The maximum Gasteiger partial charge on any atom is 0.233 e. The number of halogens is 2. The number of amides is 1. The van der Waals surface area contributed by atoms with Gasteiger partial charge in [0.25, 0.3) is 0 Å². The Morgan fingerprint density at radius 1 is 1.39 bits per heavy atom. The first-order valence-corrected chi connectivity index (χ1v) is 6.53. The van der Waals surface area contributed by atoms with Crippen molar-refractivity contribution >= 4 is 34.9 Å². The molecule has 0 aliphatic heterocycles. The summed E-state index contributed by atoms with van der Waals surface area (Å²) in [6, 6.07) is 1.46. The molecule has 2 rings (SSSR count). The van der Waals surface area contributed by atoms with Gasteiger partial charge in [-0.2, -0.15) is 0 Å². The zero-order valence-electron chi connectivity index (χ0n) is 9.75. The lowest BCUT2D eigenvalue weighted by Gasteiger charge is -2.25. The molecule has 1 heterocycles. The van der Waals surface area contributed by atoms with Gasteiger partial charge in [0.15, 0.2) is 0 Å². The van der Waals surface area contributed by atoms with Gasteiger partial charge in [-0.05, 0) is 24.4 Å². The third-order valence-corrected chi connectivity index (χ3v) is 3.70. The molecule has 1 aromatic heterocycles. The molecular formula is C11H14Cl2N4O. The fourth-order valence-electron chi connectivity index (χ4n) is 2.28. The highest BCUT2D eigenvalue weighted by molar-refractivity contribution is 6.32. The molecule has 0 saturated heterocycles. The molecule has 1 saturated carbocycles. The largest absolute Gasteiger partial charge is 0.329 e. The Hall–Kier alpha value is -0.910. The van der Waals surface area contributed by atoms with Crippen molar-refractivity contribution in [1.82, 2.24) is 9.97 Å². The summed E-state index contributed by atoms with van der Waals surface area (Å²) in [5.41, 5.74) is 5.26. The molecule has 0 aromatic carbocycles. The molecule has 5 nitrogen and oxygen atoms in total. The minimum atomic E-state index is -0.482. The SMILES string of the molecule is NCC1(C(=O)Nc2cc(Cl)nc(Cl)n2)CCCC1. The van der Waals surface area contributed by atoms with Crippen LogP contribution in [0.15, 0.2) is 6.07 Å². The summed E-state index contributed by atoms with van der Waals surface area (Å²) in [5, 5.41) is 2.92. The molecule has 0 radical (unpaired) electrons. The number of carbonyl (C=O) groups is 1.